The van der Waals surface area contributed by atoms with Gasteiger partial charge in [0.15, 0.2) is 5.75 Å². The summed E-state index contributed by atoms with van der Waals surface area (Å²) in [6.45, 7) is 3.45. The van der Waals surface area contributed by atoms with Gasteiger partial charge in [-0.3, -0.25) is 4.79 Å². The van der Waals surface area contributed by atoms with Crippen molar-refractivity contribution in [2.45, 2.75) is 13.8 Å². The molecule has 0 heterocycles. The van der Waals surface area contributed by atoms with Gasteiger partial charge in [0.25, 0.3) is 5.91 Å². The van der Waals surface area contributed by atoms with Crippen LogP contribution < -0.4 is 16.1 Å². The molecular formula is C12H16N4O3. The highest BCUT2D eigenvalue weighted by Gasteiger charge is 2.14. The highest BCUT2D eigenvalue weighted by Crippen LogP contribution is 2.27. The fraction of sp³-hybridized carbons (Fsp3) is 0.250. The number of hydrazone groups is 1. The lowest BCUT2D eigenvalue weighted by atomic mass is 10.1. The van der Waals surface area contributed by atoms with E-state index in [0.717, 1.165) is 0 Å². The number of rotatable bonds is 3. The van der Waals surface area contributed by atoms with E-state index in [0.29, 0.717) is 5.71 Å². The Balaban J connectivity index is 2.97. The number of aromatic hydroxyl groups is 1. The molecule has 0 aliphatic rings. The van der Waals surface area contributed by atoms with Gasteiger partial charge in [0.1, 0.15) is 0 Å². The van der Waals surface area contributed by atoms with Crippen LogP contribution in [0.2, 0.25) is 0 Å². The van der Waals surface area contributed by atoms with Crippen molar-refractivity contribution in [2.24, 2.45) is 5.10 Å². The molecule has 102 valence electrons. The zero-order valence-corrected chi connectivity index (χ0v) is 10.9. The third-order valence-corrected chi connectivity index (χ3v) is 2.14. The molecule has 0 atom stereocenters. The van der Waals surface area contributed by atoms with E-state index in [1.165, 1.54) is 19.2 Å². The zero-order chi connectivity index (χ0) is 14.4. The minimum Gasteiger partial charge on any atom is -0.505 e. The smallest absolute Gasteiger partial charge is 0.319 e. The Morgan fingerprint density at radius 1 is 1.26 bits per heavy atom. The van der Waals surface area contributed by atoms with E-state index in [1.54, 1.807) is 19.9 Å². The lowest BCUT2D eigenvalue weighted by molar-refractivity contribution is 0.0952. The Kier molecular flexibility index (Phi) is 4.87. The molecule has 0 saturated carbocycles. The first-order valence-electron chi connectivity index (χ1n) is 5.57. The summed E-state index contributed by atoms with van der Waals surface area (Å²) in [6.07, 6.45) is 0. The number of anilines is 1. The zero-order valence-electron chi connectivity index (χ0n) is 10.9. The molecule has 0 saturated heterocycles. The number of carbonyl (C=O) groups is 2. The van der Waals surface area contributed by atoms with Gasteiger partial charge in [0.2, 0.25) is 0 Å². The van der Waals surface area contributed by atoms with Crippen LogP contribution in [0.1, 0.15) is 24.2 Å². The van der Waals surface area contributed by atoms with Crippen LogP contribution >= 0.6 is 0 Å². The molecule has 7 heteroatoms. The number of nitrogens with zero attached hydrogens (tertiary/aromatic N) is 1. The second kappa shape index (κ2) is 6.39. The van der Waals surface area contributed by atoms with Gasteiger partial charge in [0.05, 0.1) is 11.3 Å². The van der Waals surface area contributed by atoms with Crippen molar-refractivity contribution in [2.75, 3.05) is 12.4 Å². The number of phenols is 1. The average molecular weight is 264 g/mol. The number of urea groups is 1. The molecule has 0 spiro atoms. The Bertz CT molecular complexity index is 522. The largest absolute Gasteiger partial charge is 0.505 e. The monoisotopic (exact) mass is 264 g/mol. The number of phenolic OH excluding ortho intramolecular Hbond substituents is 1. The molecule has 3 amide bonds. The number of benzene rings is 1. The maximum atomic E-state index is 11.8. The Labute approximate surface area is 110 Å². The van der Waals surface area contributed by atoms with Gasteiger partial charge in [0, 0.05) is 12.8 Å². The van der Waals surface area contributed by atoms with E-state index in [4.69, 9.17) is 0 Å². The normalized spacial score (nSPS) is 9.42. The van der Waals surface area contributed by atoms with Gasteiger partial charge < -0.3 is 15.7 Å². The van der Waals surface area contributed by atoms with Crippen molar-refractivity contribution in [1.82, 2.24) is 10.7 Å². The Hall–Kier alpha value is -2.57. The first kappa shape index (κ1) is 14.5. The van der Waals surface area contributed by atoms with Gasteiger partial charge in [-0.05, 0) is 26.0 Å². The highest BCUT2D eigenvalue weighted by molar-refractivity contribution is 6.01. The van der Waals surface area contributed by atoms with Crippen LogP contribution in [0.5, 0.6) is 5.75 Å². The summed E-state index contributed by atoms with van der Waals surface area (Å²) in [5, 5.41) is 18.4. The fourth-order valence-corrected chi connectivity index (χ4v) is 1.24. The second-order valence-electron chi connectivity index (χ2n) is 3.91. The molecule has 0 bridgehead atoms. The molecule has 0 radical (unpaired) electrons. The first-order valence-corrected chi connectivity index (χ1v) is 5.57. The molecule has 1 aromatic rings. The van der Waals surface area contributed by atoms with Crippen LogP contribution in [0.3, 0.4) is 0 Å². The van der Waals surface area contributed by atoms with Crippen LogP contribution in [-0.2, 0) is 0 Å². The molecule has 0 aliphatic carbocycles. The molecular weight excluding hydrogens is 248 g/mol. The van der Waals surface area contributed by atoms with Gasteiger partial charge in [-0.2, -0.15) is 5.10 Å². The second-order valence-corrected chi connectivity index (χ2v) is 3.91. The molecule has 1 aromatic carbocycles. The van der Waals surface area contributed by atoms with Crippen LogP contribution in [0.15, 0.2) is 23.3 Å². The topological polar surface area (TPSA) is 103 Å². The van der Waals surface area contributed by atoms with E-state index in [-0.39, 0.29) is 17.0 Å². The number of nitrogens with one attached hydrogen (secondary N) is 3. The molecule has 7 nitrogen and oxygen atoms in total. The minimum absolute atomic E-state index is 0.0268. The van der Waals surface area contributed by atoms with E-state index in [2.05, 4.69) is 21.2 Å². The maximum Gasteiger partial charge on any atom is 0.319 e. The SMILES string of the molecule is CNC(=O)Nc1cccc(C(=O)NN=C(C)C)c1O. The van der Waals surface area contributed by atoms with Crippen molar-refractivity contribution in [3.8, 4) is 5.75 Å². The molecule has 19 heavy (non-hydrogen) atoms. The number of carbonyl (C=O) groups excluding carboxylic acids is 2. The summed E-state index contributed by atoms with van der Waals surface area (Å²) in [7, 11) is 1.45. The average Bonchev–Trinajstić information content (AvgIpc) is 2.38. The molecule has 0 fully saturated rings. The summed E-state index contributed by atoms with van der Waals surface area (Å²) >= 11 is 0. The van der Waals surface area contributed by atoms with Crippen molar-refractivity contribution in [3.05, 3.63) is 23.8 Å². The molecule has 0 aromatic heterocycles. The Morgan fingerprint density at radius 2 is 1.95 bits per heavy atom. The van der Waals surface area contributed by atoms with E-state index in [9.17, 15) is 14.7 Å². The molecule has 1 rings (SSSR count). The lowest BCUT2D eigenvalue weighted by Gasteiger charge is -2.09. The lowest BCUT2D eigenvalue weighted by Crippen LogP contribution is -2.25. The van der Waals surface area contributed by atoms with Crippen LogP contribution in [0.25, 0.3) is 0 Å². The van der Waals surface area contributed by atoms with E-state index < -0.39 is 11.9 Å². The number of hydrogen-bond acceptors (Lipinski definition) is 4. The van der Waals surface area contributed by atoms with E-state index in [1.807, 2.05) is 0 Å². The van der Waals surface area contributed by atoms with Crippen LogP contribution in [-0.4, -0.2) is 29.8 Å². The number of hydrogen-bond donors (Lipinski definition) is 4. The van der Waals surface area contributed by atoms with Gasteiger partial charge in [-0.1, -0.05) is 6.07 Å². The van der Waals surface area contributed by atoms with Crippen molar-refractivity contribution >= 4 is 23.3 Å². The fourth-order valence-electron chi connectivity index (χ4n) is 1.24. The van der Waals surface area contributed by atoms with Crippen LogP contribution in [0, 0.1) is 0 Å². The predicted octanol–water partition coefficient (Wildman–Crippen LogP) is 1.27. The van der Waals surface area contributed by atoms with Crippen molar-refractivity contribution < 1.29 is 14.7 Å². The summed E-state index contributed by atoms with van der Waals surface area (Å²) in [5.74, 6) is -0.869. The van der Waals surface area contributed by atoms with E-state index >= 15 is 0 Å². The summed E-state index contributed by atoms with van der Waals surface area (Å²) in [4.78, 5) is 22.9. The van der Waals surface area contributed by atoms with Gasteiger partial charge in [-0.15, -0.1) is 0 Å². The summed E-state index contributed by atoms with van der Waals surface area (Å²) in [5.41, 5.74) is 3.14. The quantitative estimate of drug-likeness (QED) is 0.375. The summed E-state index contributed by atoms with van der Waals surface area (Å²) in [6, 6.07) is 3.97. The number of amides is 3. The third kappa shape index (κ3) is 3.98. The summed E-state index contributed by atoms with van der Waals surface area (Å²) < 4.78 is 0. The maximum absolute atomic E-state index is 11.8. The molecule has 4 N–H and O–H groups in total. The van der Waals surface area contributed by atoms with Gasteiger partial charge >= 0.3 is 6.03 Å². The standard InChI is InChI=1S/C12H16N4O3/c1-7(2)15-16-11(18)8-5-4-6-9(10(8)17)14-12(19)13-3/h4-6,17H,1-3H3,(H,16,18)(H2,13,14,19). The van der Waals surface area contributed by atoms with Gasteiger partial charge in [-0.25, -0.2) is 10.2 Å². The van der Waals surface area contributed by atoms with Crippen molar-refractivity contribution in [3.63, 3.8) is 0 Å². The number of para-hydroxylation sites is 1. The first-order chi connectivity index (χ1) is 8.95. The molecule has 0 aliphatic heterocycles. The van der Waals surface area contributed by atoms with Crippen molar-refractivity contribution in [1.29, 1.82) is 0 Å². The molecule has 0 unspecified atom stereocenters. The van der Waals surface area contributed by atoms with Crippen LogP contribution in [0.4, 0.5) is 10.5 Å². The highest BCUT2D eigenvalue weighted by atomic mass is 16.3. The minimum atomic E-state index is -0.556. The third-order valence-electron chi connectivity index (χ3n) is 2.14. The predicted molar refractivity (Wildman–Crippen MR) is 72.4 cm³/mol. The Morgan fingerprint density at radius 3 is 2.53 bits per heavy atom.